The van der Waals surface area contributed by atoms with Crippen LogP contribution in [0.4, 0.5) is 5.00 Å². The van der Waals surface area contributed by atoms with E-state index in [4.69, 9.17) is 5.73 Å². The summed E-state index contributed by atoms with van der Waals surface area (Å²) in [5.41, 5.74) is 10.1. The van der Waals surface area contributed by atoms with Gasteiger partial charge in [-0.25, -0.2) is 5.43 Å². The van der Waals surface area contributed by atoms with E-state index >= 15 is 0 Å². The summed E-state index contributed by atoms with van der Waals surface area (Å²) < 4.78 is 5.42. The summed E-state index contributed by atoms with van der Waals surface area (Å²) in [4.78, 5) is 23.3. The number of carbonyl (C=O) groups is 1. The van der Waals surface area contributed by atoms with E-state index < -0.39 is 0 Å². The number of nitrogens with zero attached hydrogens (tertiary/aromatic N) is 3. The molecule has 0 spiro atoms. The first-order valence-corrected chi connectivity index (χ1v) is 6.97. The van der Waals surface area contributed by atoms with Crippen LogP contribution in [0.25, 0.3) is 0 Å². The highest BCUT2D eigenvalue weighted by Gasteiger charge is 2.11. The van der Waals surface area contributed by atoms with E-state index in [2.05, 4.69) is 14.9 Å². The summed E-state index contributed by atoms with van der Waals surface area (Å²) in [6.45, 7) is 3.47. The molecule has 0 aliphatic carbocycles. The van der Waals surface area contributed by atoms with Crippen molar-refractivity contribution >= 4 is 28.2 Å². The number of hydrazone groups is 1. The van der Waals surface area contributed by atoms with Crippen molar-refractivity contribution in [2.75, 3.05) is 5.73 Å². The van der Waals surface area contributed by atoms with Gasteiger partial charge in [0.2, 0.25) is 0 Å². The molecule has 0 bridgehead atoms. The Hall–Kier alpha value is -2.48. The van der Waals surface area contributed by atoms with Crippen LogP contribution in [-0.2, 0) is 11.3 Å². The first-order valence-electron chi connectivity index (χ1n) is 6.19. The van der Waals surface area contributed by atoms with Gasteiger partial charge in [0, 0.05) is 12.3 Å². The normalized spacial score (nSPS) is 11.4. The number of rotatable bonds is 4. The average molecular weight is 305 g/mol. The van der Waals surface area contributed by atoms with Crippen LogP contribution in [0.5, 0.6) is 0 Å². The van der Waals surface area contributed by atoms with Gasteiger partial charge in [-0.05, 0) is 31.4 Å². The lowest BCUT2D eigenvalue weighted by atomic mass is 10.2. The van der Waals surface area contributed by atoms with Crippen LogP contribution in [0.2, 0.25) is 0 Å². The molecule has 0 aliphatic rings. The number of nitrogens with one attached hydrogen (secondary N) is 1. The van der Waals surface area contributed by atoms with Crippen molar-refractivity contribution in [2.24, 2.45) is 5.10 Å². The Bertz CT molecular complexity index is 728. The number of pyridine rings is 1. The predicted molar refractivity (Wildman–Crippen MR) is 82.3 cm³/mol. The van der Waals surface area contributed by atoms with Gasteiger partial charge < -0.3 is 10.3 Å². The van der Waals surface area contributed by atoms with Gasteiger partial charge in [0.15, 0.2) is 0 Å². The van der Waals surface area contributed by atoms with E-state index in [1.165, 1.54) is 22.2 Å². The quantitative estimate of drug-likeness (QED) is 0.642. The smallest absolute Gasteiger partial charge is 0.260 e. The molecule has 0 fully saturated rings. The fourth-order valence-electron chi connectivity index (χ4n) is 1.81. The average Bonchev–Trinajstić information content (AvgIpc) is 2.78. The molecule has 2 heterocycles. The third kappa shape index (κ3) is 3.54. The van der Waals surface area contributed by atoms with Gasteiger partial charge in [0.05, 0.1) is 17.0 Å². The van der Waals surface area contributed by atoms with E-state index in [0.717, 1.165) is 11.3 Å². The number of carbonyl (C=O) groups excluding carboxylic acids is 1. The van der Waals surface area contributed by atoms with E-state index in [-0.39, 0.29) is 18.0 Å². The van der Waals surface area contributed by atoms with Gasteiger partial charge >= 0.3 is 0 Å². The van der Waals surface area contributed by atoms with Gasteiger partial charge in [-0.2, -0.15) is 9.47 Å². The summed E-state index contributed by atoms with van der Waals surface area (Å²) in [5.74, 6) is -0.387. The van der Waals surface area contributed by atoms with Crippen LogP contribution in [0.15, 0.2) is 34.3 Å². The number of anilines is 1. The molecule has 2 rings (SSSR count). The van der Waals surface area contributed by atoms with Crippen molar-refractivity contribution < 1.29 is 4.79 Å². The first kappa shape index (κ1) is 14.9. The summed E-state index contributed by atoms with van der Waals surface area (Å²) in [5, 5.41) is 4.56. The lowest BCUT2D eigenvalue weighted by Crippen LogP contribution is -2.29. The monoisotopic (exact) mass is 305 g/mol. The van der Waals surface area contributed by atoms with Crippen LogP contribution < -0.4 is 16.7 Å². The van der Waals surface area contributed by atoms with Crippen molar-refractivity contribution in [3.05, 3.63) is 46.0 Å². The maximum Gasteiger partial charge on any atom is 0.260 e. The van der Waals surface area contributed by atoms with Gasteiger partial charge in [0.25, 0.3) is 11.5 Å². The largest absolute Gasteiger partial charge is 0.389 e. The molecular formula is C13H15N5O2S. The summed E-state index contributed by atoms with van der Waals surface area (Å²) in [7, 11) is 0. The van der Waals surface area contributed by atoms with Crippen LogP contribution in [0, 0.1) is 6.92 Å². The predicted octanol–water partition coefficient (Wildman–Crippen LogP) is 0.736. The minimum atomic E-state index is -0.387. The standard InChI is InChI=1S/C13H15N5O2S/c1-8(12-9(2)17-21-13(12)14)15-16-10(19)7-18-6-4-3-5-11(18)20/h3-6H,7,14H2,1-2H3,(H,16,19)/b15-8-. The second kappa shape index (κ2) is 6.31. The minimum absolute atomic E-state index is 0.0905. The van der Waals surface area contributed by atoms with Crippen LogP contribution in [-0.4, -0.2) is 20.6 Å². The molecule has 0 atom stereocenters. The molecule has 21 heavy (non-hydrogen) atoms. The summed E-state index contributed by atoms with van der Waals surface area (Å²) in [6.07, 6.45) is 1.55. The highest BCUT2D eigenvalue weighted by atomic mass is 32.1. The summed E-state index contributed by atoms with van der Waals surface area (Å²) in [6, 6.07) is 4.70. The molecule has 0 aromatic carbocycles. The fraction of sp³-hybridized carbons (Fsp3) is 0.231. The van der Waals surface area contributed by atoms with Crippen molar-refractivity contribution in [2.45, 2.75) is 20.4 Å². The Morgan fingerprint density at radius 1 is 1.52 bits per heavy atom. The fourth-order valence-corrected chi connectivity index (χ4v) is 2.52. The number of nitrogens with two attached hydrogens (primary N) is 1. The molecular weight excluding hydrogens is 290 g/mol. The molecule has 3 N–H and O–H groups in total. The Morgan fingerprint density at radius 2 is 2.29 bits per heavy atom. The van der Waals surface area contributed by atoms with Crippen molar-refractivity contribution in [3.63, 3.8) is 0 Å². The Morgan fingerprint density at radius 3 is 2.90 bits per heavy atom. The van der Waals surface area contributed by atoms with Crippen LogP contribution in [0.3, 0.4) is 0 Å². The molecule has 1 amide bonds. The zero-order chi connectivity index (χ0) is 15.4. The molecule has 2 aromatic rings. The minimum Gasteiger partial charge on any atom is -0.389 e. The third-order valence-corrected chi connectivity index (χ3v) is 3.58. The highest BCUT2D eigenvalue weighted by molar-refractivity contribution is 7.10. The number of amides is 1. The first-order chi connectivity index (χ1) is 9.99. The Kier molecular flexibility index (Phi) is 4.49. The molecule has 110 valence electrons. The molecule has 0 unspecified atom stereocenters. The van der Waals surface area contributed by atoms with E-state index in [1.54, 1.807) is 25.3 Å². The van der Waals surface area contributed by atoms with Crippen molar-refractivity contribution in [3.8, 4) is 0 Å². The number of hydrogen-bond donors (Lipinski definition) is 2. The van der Waals surface area contributed by atoms with Crippen molar-refractivity contribution in [1.82, 2.24) is 14.4 Å². The lowest BCUT2D eigenvalue weighted by Gasteiger charge is -2.05. The third-order valence-electron chi connectivity index (χ3n) is 2.81. The van der Waals surface area contributed by atoms with Gasteiger partial charge in [0.1, 0.15) is 11.5 Å². The molecule has 0 saturated carbocycles. The highest BCUT2D eigenvalue weighted by Crippen LogP contribution is 2.21. The number of aromatic nitrogens is 2. The topological polar surface area (TPSA) is 102 Å². The van der Waals surface area contributed by atoms with Crippen LogP contribution >= 0.6 is 11.5 Å². The van der Waals surface area contributed by atoms with Gasteiger partial charge in [-0.1, -0.05) is 6.07 Å². The lowest BCUT2D eigenvalue weighted by molar-refractivity contribution is -0.121. The second-order valence-electron chi connectivity index (χ2n) is 4.41. The molecule has 2 aromatic heterocycles. The summed E-state index contributed by atoms with van der Waals surface area (Å²) >= 11 is 1.19. The maximum absolute atomic E-state index is 11.8. The van der Waals surface area contributed by atoms with Crippen LogP contribution in [0.1, 0.15) is 18.2 Å². The van der Waals surface area contributed by atoms with E-state index in [1.807, 2.05) is 6.92 Å². The van der Waals surface area contributed by atoms with Gasteiger partial charge in [-0.15, -0.1) is 0 Å². The number of aryl methyl sites for hydroxylation is 1. The molecule has 0 aliphatic heterocycles. The second-order valence-corrected chi connectivity index (χ2v) is 5.21. The SMILES string of the molecule is C/C(=N/NC(=O)Cn1ccccc1=O)c1c(C)nsc1N. The Balaban J connectivity index is 2.06. The number of hydrogen-bond acceptors (Lipinski definition) is 6. The molecule has 7 nitrogen and oxygen atoms in total. The Labute approximate surface area is 125 Å². The maximum atomic E-state index is 11.8. The zero-order valence-corrected chi connectivity index (χ0v) is 12.5. The van der Waals surface area contributed by atoms with Gasteiger partial charge in [-0.3, -0.25) is 9.59 Å². The van der Waals surface area contributed by atoms with E-state index in [9.17, 15) is 9.59 Å². The molecule has 0 radical (unpaired) electrons. The molecule has 8 heteroatoms. The molecule has 0 saturated heterocycles. The van der Waals surface area contributed by atoms with Crippen molar-refractivity contribution in [1.29, 1.82) is 0 Å². The zero-order valence-electron chi connectivity index (χ0n) is 11.7. The number of nitrogen functional groups attached to an aromatic ring is 1. The van der Waals surface area contributed by atoms with E-state index in [0.29, 0.717) is 10.7 Å².